The van der Waals surface area contributed by atoms with Crippen LogP contribution in [0.4, 0.5) is 0 Å². The van der Waals surface area contributed by atoms with Crippen LogP contribution in [-0.4, -0.2) is 5.98 Å². The van der Waals surface area contributed by atoms with Gasteiger partial charge in [0, 0.05) is 0 Å². The Labute approximate surface area is 155 Å². The first-order chi connectivity index (χ1) is 9.59. The van der Waals surface area contributed by atoms with Crippen LogP contribution < -0.4 is 24.8 Å². The van der Waals surface area contributed by atoms with E-state index in [0.29, 0.717) is 0 Å². The predicted molar refractivity (Wildman–Crippen MR) is 88.6 cm³/mol. The van der Waals surface area contributed by atoms with E-state index < -0.39 is 26.6 Å². The van der Waals surface area contributed by atoms with Crippen LogP contribution >= 0.6 is 0 Å². The van der Waals surface area contributed by atoms with Gasteiger partial charge in [0.2, 0.25) is 0 Å². The molecule has 0 aromatic heterocycles. The van der Waals surface area contributed by atoms with E-state index in [-0.39, 0.29) is 24.8 Å². The van der Waals surface area contributed by atoms with Crippen molar-refractivity contribution in [1.29, 1.82) is 0 Å². The fourth-order valence-corrected chi connectivity index (χ4v) is 32.9. The van der Waals surface area contributed by atoms with Crippen LogP contribution in [0.15, 0.2) is 42.5 Å². The summed E-state index contributed by atoms with van der Waals surface area (Å²) in [4.78, 5) is 0. The van der Waals surface area contributed by atoms with Crippen LogP contribution in [0.25, 0.3) is 6.08 Å². The first-order valence-corrected chi connectivity index (χ1v) is 20.9. The second-order valence-electron chi connectivity index (χ2n) is 6.31. The van der Waals surface area contributed by atoms with Crippen molar-refractivity contribution < 1.29 is 45.4 Å². The van der Waals surface area contributed by atoms with Gasteiger partial charge in [0.1, 0.15) is 0 Å². The van der Waals surface area contributed by atoms with E-state index in [2.05, 4.69) is 75.5 Å². The van der Waals surface area contributed by atoms with E-state index >= 15 is 0 Å². The molecule has 2 aliphatic carbocycles. The van der Waals surface area contributed by atoms with Gasteiger partial charge in [-0.3, -0.25) is 0 Å². The van der Waals surface area contributed by atoms with E-state index in [1.54, 1.807) is 5.56 Å². The third-order valence-electron chi connectivity index (χ3n) is 4.65. The molecule has 1 aromatic carbocycles. The van der Waals surface area contributed by atoms with E-state index in [0.717, 1.165) is 7.35 Å². The molecule has 3 rings (SSSR count). The number of allylic oxidation sites excluding steroid dienone is 5. The van der Waals surface area contributed by atoms with Gasteiger partial charge >= 0.3 is 132 Å². The molecule has 0 N–H and O–H groups in total. The summed E-state index contributed by atoms with van der Waals surface area (Å²) >= 11 is -1.68. The van der Waals surface area contributed by atoms with Crippen molar-refractivity contribution in [3.8, 4) is 0 Å². The monoisotopic (exact) mass is 517 g/mol. The molecular formula is C18H23Cl2HfSi. The summed E-state index contributed by atoms with van der Waals surface area (Å²) in [5, 5.41) is 0. The molecule has 0 fully saturated rings. The summed E-state index contributed by atoms with van der Waals surface area (Å²) in [5.74, 6) is -0.528. The molecule has 0 saturated carbocycles. The number of halogens is 2. The molecule has 0 aliphatic heterocycles. The molecule has 4 heteroatoms. The SMILES string of the molecule is Cc1ccc(C)c2c1C=C[CH]2[Hf+2]([CH]1C=CC=C1)[SiH](C)C.[Cl-].[Cl-]. The minimum atomic E-state index is -1.68. The summed E-state index contributed by atoms with van der Waals surface area (Å²) in [5.41, 5.74) is 6.21. The van der Waals surface area contributed by atoms with Gasteiger partial charge in [-0.05, 0) is 0 Å². The van der Waals surface area contributed by atoms with Crippen LogP contribution in [0.1, 0.15) is 25.9 Å². The Morgan fingerprint density at radius 3 is 2.09 bits per heavy atom. The summed E-state index contributed by atoms with van der Waals surface area (Å²) in [6.45, 7) is 9.76. The Morgan fingerprint density at radius 2 is 1.50 bits per heavy atom. The maximum Gasteiger partial charge on any atom is -1.00 e. The Kier molecular flexibility index (Phi) is 7.58. The van der Waals surface area contributed by atoms with Crippen molar-refractivity contribution in [2.24, 2.45) is 0 Å². The average molecular weight is 517 g/mol. The maximum atomic E-state index is 2.60. The number of hydrogen-bond donors (Lipinski definition) is 0. The quantitative estimate of drug-likeness (QED) is 0.448. The van der Waals surface area contributed by atoms with Gasteiger partial charge in [0.15, 0.2) is 0 Å². The Bertz CT molecular complexity index is 608. The first kappa shape index (κ1) is 20.2. The zero-order valence-corrected chi connectivity index (χ0v) is 19.9. The van der Waals surface area contributed by atoms with E-state index in [4.69, 9.17) is 0 Å². The molecule has 2 aliphatic rings. The molecule has 0 spiro atoms. The zero-order valence-electron chi connectivity index (χ0n) is 13.6. The third-order valence-corrected chi connectivity index (χ3v) is 34.9. The number of rotatable bonds is 3. The third kappa shape index (κ3) is 3.61. The largest absolute Gasteiger partial charge is 1.00 e. The van der Waals surface area contributed by atoms with Crippen LogP contribution in [0, 0.1) is 13.8 Å². The molecule has 0 radical (unpaired) electrons. The van der Waals surface area contributed by atoms with Gasteiger partial charge in [-0.1, -0.05) is 0 Å². The van der Waals surface area contributed by atoms with Gasteiger partial charge in [0.05, 0.1) is 0 Å². The maximum absolute atomic E-state index is 2.60. The number of aryl methyl sites for hydroxylation is 2. The van der Waals surface area contributed by atoms with Crippen molar-refractivity contribution in [3.05, 3.63) is 64.8 Å². The van der Waals surface area contributed by atoms with Crippen LogP contribution in [0.2, 0.25) is 16.8 Å². The summed E-state index contributed by atoms with van der Waals surface area (Å²) in [7, 11) is 0. The van der Waals surface area contributed by atoms with Gasteiger partial charge in [0.25, 0.3) is 0 Å². The molecule has 1 atom stereocenters. The van der Waals surface area contributed by atoms with Crippen LogP contribution in [0.5, 0.6) is 0 Å². The fourth-order valence-electron chi connectivity index (χ4n) is 3.66. The Hall–Kier alpha value is 0.107. The Morgan fingerprint density at radius 1 is 0.909 bits per heavy atom. The fraction of sp³-hybridized carbons (Fsp3) is 0.333. The van der Waals surface area contributed by atoms with Crippen molar-refractivity contribution in [2.75, 3.05) is 0 Å². The molecule has 1 aromatic rings. The normalized spacial score (nSPS) is 18.3. The topological polar surface area (TPSA) is 0 Å². The molecule has 0 saturated heterocycles. The molecule has 0 amide bonds. The molecular weight excluding hydrogens is 494 g/mol. The predicted octanol–water partition coefficient (Wildman–Crippen LogP) is -1.10. The number of benzene rings is 1. The standard InChI is InChI=1S/C11H11.C5H5.C2H7Si.2ClH.Hf/c1-8-6-7-9(2)11-5-3-4-10(8)11;1-2-4-5-3-1;1-3-2;;;/h3-7H,1-2H3;1-5H;3H,1-2H3;2*1H;/q;;;;;+2/p-2. The summed E-state index contributed by atoms with van der Waals surface area (Å²) < 4.78 is 1.69. The number of hydrogen-bond acceptors (Lipinski definition) is 0. The minimum absolute atomic E-state index is 0. The smallest absolute Gasteiger partial charge is 1.00 e. The summed E-state index contributed by atoms with van der Waals surface area (Å²) in [6, 6.07) is 4.62. The van der Waals surface area contributed by atoms with Gasteiger partial charge < -0.3 is 24.8 Å². The van der Waals surface area contributed by atoms with Gasteiger partial charge in [-0.2, -0.15) is 0 Å². The van der Waals surface area contributed by atoms with Crippen molar-refractivity contribution in [1.82, 2.24) is 0 Å². The van der Waals surface area contributed by atoms with Crippen molar-refractivity contribution >= 4 is 12.1 Å². The van der Waals surface area contributed by atoms with Crippen molar-refractivity contribution in [3.63, 3.8) is 0 Å². The van der Waals surface area contributed by atoms with E-state index in [1.165, 1.54) is 16.7 Å². The van der Waals surface area contributed by atoms with E-state index in [1.807, 2.05) is 0 Å². The van der Waals surface area contributed by atoms with Gasteiger partial charge in [-0.15, -0.1) is 0 Å². The minimum Gasteiger partial charge on any atom is -1.00 e. The first-order valence-electron chi connectivity index (χ1n) is 7.59. The molecule has 0 bridgehead atoms. The van der Waals surface area contributed by atoms with E-state index in [9.17, 15) is 0 Å². The molecule has 1 unspecified atom stereocenters. The zero-order chi connectivity index (χ0) is 14.3. The Balaban J connectivity index is 0.00000121. The van der Waals surface area contributed by atoms with Gasteiger partial charge in [-0.25, -0.2) is 0 Å². The number of fused-ring (bicyclic) bond motifs is 1. The van der Waals surface area contributed by atoms with Crippen LogP contribution in [-0.2, 0) is 20.6 Å². The van der Waals surface area contributed by atoms with Crippen molar-refractivity contribution in [2.45, 2.75) is 34.3 Å². The molecule has 0 heterocycles. The molecule has 117 valence electrons. The average Bonchev–Trinajstić information content (AvgIpc) is 3.04. The van der Waals surface area contributed by atoms with Crippen LogP contribution in [0.3, 0.4) is 0 Å². The molecule has 0 nitrogen and oxygen atoms in total. The second-order valence-corrected chi connectivity index (χ2v) is 34.7. The molecule has 22 heavy (non-hydrogen) atoms. The summed E-state index contributed by atoms with van der Waals surface area (Å²) in [6.07, 6.45) is 14.5. The second kappa shape index (κ2) is 8.28.